The first-order chi connectivity index (χ1) is 9.13. The number of aromatic nitrogens is 2. The molecule has 0 spiro atoms. The van der Waals surface area contributed by atoms with Gasteiger partial charge in [0.2, 0.25) is 0 Å². The van der Waals surface area contributed by atoms with Crippen LogP contribution in [0.1, 0.15) is 31.3 Å². The minimum absolute atomic E-state index is 0.0118. The van der Waals surface area contributed by atoms with Gasteiger partial charge in [-0.05, 0) is 32.9 Å². The van der Waals surface area contributed by atoms with Crippen molar-refractivity contribution < 1.29 is 9.53 Å². The van der Waals surface area contributed by atoms with Gasteiger partial charge in [-0.2, -0.15) is 0 Å². The third-order valence-electron chi connectivity index (χ3n) is 2.78. The molecule has 106 valence electrons. The maximum Gasteiger partial charge on any atom is 0.274 e. The summed E-state index contributed by atoms with van der Waals surface area (Å²) in [7, 11) is 1.62. The second-order valence-corrected chi connectivity index (χ2v) is 4.23. The predicted molar refractivity (Wildman–Crippen MR) is 74.2 cm³/mol. The van der Waals surface area contributed by atoms with Crippen LogP contribution in [0.4, 0.5) is 5.82 Å². The second-order valence-electron chi connectivity index (χ2n) is 4.23. The van der Waals surface area contributed by atoms with Crippen molar-refractivity contribution in [2.75, 3.05) is 32.1 Å². The number of hydrogen-bond acceptors (Lipinski definition) is 5. The molecule has 1 amide bonds. The van der Waals surface area contributed by atoms with Gasteiger partial charge >= 0.3 is 0 Å². The van der Waals surface area contributed by atoms with E-state index in [9.17, 15) is 4.79 Å². The molecule has 6 heteroatoms. The molecule has 1 aromatic heterocycles. The number of amides is 1. The monoisotopic (exact) mass is 266 g/mol. The fourth-order valence-corrected chi connectivity index (χ4v) is 1.86. The molecule has 1 aromatic rings. The molecule has 6 nitrogen and oxygen atoms in total. The van der Waals surface area contributed by atoms with Crippen LogP contribution in [0.5, 0.6) is 0 Å². The Morgan fingerprint density at radius 1 is 1.42 bits per heavy atom. The van der Waals surface area contributed by atoms with Crippen molar-refractivity contribution >= 4 is 11.7 Å². The number of likely N-dealkylation sites (N-methyl/N-ethyl adjacent to an activating group) is 1. The van der Waals surface area contributed by atoms with Crippen LogP contribution in [0, 0.1) is 0 Å². The van der Waals surface area contributed by atoms with Crippen molar-refractivity contribution in [2.24, 2.45) is 0 Å². The first kappa shape index (κ1) is 15.4. The molecule has 1 N–H and O–H groups in total. The zero-order chi connectivity index (χ0) is 14.3. The molecular weight excluding hydrogens is 244 g/mol. The lowest BCUT2D eigenvalue weighted by Gasteiger charge is -2.27. The van der Waals surface area contributed by atoms with E-state index in [2.05, 4.69) is 15.5 Å². The average Bonchev–Trinajstić information content (AvgIpc) is 2.41. The van der Waals surface area contributed by atoms with Gasteiger partial charge in [-0.25, -0.2) is 0 Å². The minimum Gasteiger partial charge on any atom is -0.383 e. The van der Waals surface area contributed by atoms with E-state index in [1.807, 2.05) is 20.8 Å². The number of carbonyl (C=O) groups is 1. The van der Waals surface area contributed by atoms with Gasteiger partial charge in [-0.15, -0.1) is 10.2 Å². The molecule has 0 radical (unpaired) electrons. The van der Waals surface area contributed by atoms with Crippen LogP contribution in [0.25, 0.3) is 0 Å². The highest BCUT2D eigenvalue weighted by Gasteiger charge is 2.21. The van der Waals surface area contributed by atoms with Gasteiger partial charge < -0.3 is 15.0 Å². The SMILES string of the molecule is CCNc1ccc(C(=O)N(CC)C(C)COC)nn1. The summed E-state index contributed by atoms with van der Waals surface area (Å²) in [5.41, 5.74) is 0.353. The summed E-state index contributed by atoms with van der Waals surface area (Å²) in [6.07, 6.45) is 0. The first-order valence-corrected chi connectivity index (χ1v) is 6.51. The molecule has 0 aromatic carbocycles. The van der Waals surface area contributed by atoms with Crippen LogP contribution in [-0.4, -0.2) is 53.9 Å². The molecule has 1 rings (SSSR count). The van der Waals surface area contributed by atoms with Gasteiger partial charge in [0.05, 0.1) is 12.6 Å². The molecule has 0 saturated carbocycles. The average molecular weight is 266 g/mol. The molecule has 1 unspecified atom stereocenters. The van der Waals surface area contributed by atoms with Crippen molar-refractivity contribution in [1.82, 2.24) is 15.1 Å². The van der Waals surface area contributed by atoms with Crippen molar-refractivity contribution in [1.29, 1.82) is 0 Å². The summed E-state index contributed by atoms with van der Waals surface area (Å²) < 4.78 is 5.08. The van der Waals surface area contributed by atoms with Gasteiger partial charge in [-0.3, -0.25) is 4.79 Å². The highest BCUT2D eigenvalue weighted by Crippen LogP contribution is 2.08. The van der Waals surface area contributed by atoms with E-state index in [-0.39, 0.29) is 11.9 Å². The van der Waals surface area contributed by atoms with Gasteiger partial charge in [-0.1, -0.05) is 0 Å². The molecular formula is C13H22N4O2. The zero-order valence-electron chi connectivity index (χ0n) is 12.0. The number of anilines is 1. The predicted octanol–water partition coefficient (Wildman–Crippen LogP) is 1.41. The molecule has 0 bridgehead atoms. The Kier molecular flexibility index (Phi) is 6.21. The summed E-state index contributed by atoms with van der Waals surface area (Å²) in [5, 5.41) is 11.0. The van der Waals surface area contributed by atoms with Crippen molar-refractivity contribution in [3.63, 3.8) is 0 Å². The molecule has 19 heavy (non-hydrogen) atoms. The summed E-state index contributed by atoms with van der Waals surface area (Å²) >= 11 is 0. The number of ether oxygens (including phenoxy) is 1. The van der Waals surface area contributed by atoms with E-state index in [1.54, 1.807) is 24.1 Å². The van der Waals surface area contributed by atoms with E-state index < -0.39 is 0 Å². The van der Waals surface area contributed by atoms with E-state index in [4.69, 9.17) is 4.74 Å². The lowest BCUT2D eigenvalue weighted by Crippen LogP contribution is -2.41. The summed E-state index contributed by atoms with van der Waals surface area (Å²) in [5.74, 6) is 0.551. The van der Waals surface area contributed by atoms with Gasteiger partial charge in [0.25, 0.3) is 5.91 Å². The maximum atomic E-state index is 12.3. The number of rotatable bonds is 7. The number of hydrogen-bond donors (Lipinski definition) is 1. The van der Waals surface area contributed by atoms with E-state index in [1.165, 1.54) is 0 Å². The summed E-state index contributed by atoms with van der Waals surface area (Å²) in [6.45, 7) is 7.75. The van der Waals surface area contributed by atoms with E-state index in [0.717, 1.165) is 6.54 Å². The molecule has 0 aliphatic heterocycles. The largest absolute Gasteiger partial charge is 0.383 e. The summed E-state index contributed by atoms with van der Waals surface area (Å²) in [6, 6.07) is 3.46. The Bertz CT molecular complexity index is 394. The van der Waals surface area contributed by atoms with Crippen LogP contribution >= 0.6 is 0 Å². The number of carbonyl (C=O) groups excluding carboxylic acids is 1. The Balaban J connectivity index is 2.79. The number of methoxy groups -OCH3 is 1. The van der Waals surface area contributed by atoms with Crippen LogP contribution in [0.3, 0.4) is 0 Å². The Hall–Kier alpha value is -1.69. The first-order valence-electron chi connectivity index (χ1n) is 6.51. The zero-order valence-corrected chi connectivity index (χ0v) is 12.0. The molecule has 0 saturated heterocycles. The molecule has 1 heterocycles. The van der Waals surface area contributed by atoms with Gasteiger partial charge in [0.1, 0.15) is 5.82 Å². The number of nitrogens with one attached hydrogen (secondary N) is 1. The standard InChI is InChI=1S/C13H22N4O2/c1-5-14-12-8-7-11(15-16-12)13(18)17(6-2)10(3)9-19-4/h7-8,10H,5-6,9H2,1-4H3,(H,14,16). The lowest BCUT2D eigenvalue weighted by atomic mass is 10.2. The quantitative estimate of drug-likeness (QED) is 0.808. The van der Waals surface area contributed by atoms with E-state index in [0.29, 0.717) is 24.7 Å². The Labute approximate surface area is 114 Å². The van der Waals surface area contributed by atoms with Gasteiger partial charge in [0, 0.05) is 20.2 Å². The Morgan fingerprint density at radius 3 is 2.63 bits per heavy atom. The molecule has 0 aliphatic rings. The molecule has 0 aliphatic carbocycles. The van der Waals surface area contributed by atoms with E-state index >= 15 is 0 Å². The fraction of sp³-hybridized carbons (Fsp3) is 0.615. The highest BCUT2D eigenvalue weighted by atomic mass is 16.5. The van der Waals surface area contributed by atoms with Crippen LogP contribution in [-0.2, 0) is 4.74 Å². The van der Waals surface area contributed by atoms with Crippen molar-refractivity contribution in [3.05, 3.63) is 17.8 Å². The minimum atomic E-state index is -0.123. The maximum absolute atomic E-state index is 12.3. The van der Waals surface area contributed by atoms with Crippen LogP contribution in [0.15, 0.2) is 12.1 Å². The molecule has 0 fully saturated rings. The van der Waals surface area contributed by atoms with Crippen molar-refractivity contribution in [3.8, 4) is 0 Å². The molecule has 1 atom stereocenters. The smallest absolute Gasteiger partial charge is 0.274 e. The summed E-state index contributed by atoms with van der Waals surface area (Å²) in [4.78, 5) is 14.0. The lowest BCUT2D eigenvalue weighted by molar-refractivity contribution is 0.0572. The number of nitrogens with zero attached hydrogens (tertiary/aromatic N) is 3. The topological polar surface area (TPSA) is 67.4 Å². The Morgan fingerprint density at radius 2 is 2.16 bits per heavy atom. The second kappa shape index (κ2) is 7.68. The van der Waals surface area contributed by atoms with Crippen LogP contribution < -0.4 is 5.32 Å². The third kappa shape index (κ3) is 4.17. The fourth-order valence-electron chi connectivity index (χ4n) is 1.86. The van der Waals surface area contributed by atoms with Crippen LogP contribution in [0.2, 0.25) is 0 Å². The third-order valence-corrected chi connectivity index (χ3v) is 2.78. The van der Waals surface area contributed by atoms with Gasteiger partial charge in [0.15, 0.2) is 5.69 Å². The highest BCUT2D eigenvalue weighted by molar-refractivity contribution is 5.92. The van der Waals surface area contributed by atoms with Crippen molar-refractivity contribution in [2.45, 2.75) is 26.8 Å². The normalized spacial score (nSPS) is 12.0.